The minimum absolute atomic E-state index is 0.0434. The molecule has 1 aliphatic rings. The van der Waals surface area contributed by atoms with Gasteiger partial charge in [-0.1, -0.05) is 25.1 Å². The molecule has 0 aliphatic heterocycles. The standard InChI is InChI=1S/C28H34N2O5/c1-3-14-33-25-9-11-26(12-10-25)35-28(32)21-7-4-20(5-8-21)6-13-27(31)34-18-19(2)22-15-23(29)17-24(30)16-22/h3-8,13,15-17,19,25-26H,1,9-12,14,18,29-30H2,2H3. The largest absolute Gasteiger partial charge is 0.462 e. The molecule has 1 aliphatic carbocycles. The highest BCUT2D eigenvalue weighted by Gasteiger charge is 2.24. The van der Waals surface area contributed by atoms with Gasteiger partial charge in [-0.15, -0.1) is 6.58 Å². The quantitative estimate of drug-likeness (QED) is 0.216. The molecule has 1 fully saturated rings. The van der Waals surface area contributed by atoms with E-state index < -0.39 is 5.97 Å². The first-order chi connectivity index (χ1) is 16.8. The van der Waals surface area contributed by atoms with E-state index in [0.717, 1.165) is 36.8 Å². The van der Waals surface area contributed by atoms with Crippen LogP contribution in [0.5, 0.6) is 0 Å². The van der Waals surface area contributed by atoms with Gasteiger partial charge in [0.2, 0.25) is 0 Å². The molecule has 2 aromatic carbocycles. The molecule has 4 N–H and O–H groups in total. The Morgan fingerprint density at radius 1 is 1.03 bits per heavy atom. The monoisotopic (exact) mass is 478 g/mol. The Kier molecular flexibility index (Phi) is 9.49. The zero-order chi connectivity index (χ0) is 25.2. The van der Waals surface area contributed by atoms with Crippen molar-refractivity contribution in [2.75, 3.05) is 24.7 Å². The fraction of sp³-hybridized carbons (Fsp3) is 0.357. The Balaban J connectivity index is 1.43. The van der Waals surface area contributed by atoms with Gasteiger partial charge in [-0.2, -0.15) is 0 Å². The van der Waals surface area contributed by atoms with Crippen LogP contribution in [0.1, 0.15) is 60.0 Å². The SMILES string of the molecule is C=CCOC1CCC(OC(=O)c2ccc(C=CC(=O)OCC(C)c3cc(N)cc(N)c3)cc2)CC1. The Morgan fingerprint density at radius 2 is 1.66 bits per heavy atom. The lowest BCUT2D eigenvalue weighted by Gasteiger charge is -2.28. The highest BCUT2D eigenvalue weighted by atomic mass is 16.5. The minimum Gasteiger partial charge on any atom is -0.462 e. The third-order valence-corrected chi connectivity index (χ3v) is 5.95. The van der Waals surface area contributed by atoms with Gasteiger partial charge < -0.3 is 25.7 Å². The first kappa shape index (κ1) is 26.0. The van der Waals surface area contributed by atoms with Crippen LogP contribution in [0, 0.1) is 0 Å². The number of benzene rings is 2. The van der Waals surface area contributed by atoms with Gasteiger partial charge in [0.05, 0.1) is 24.9 Å². The Labute approximate surface area is 206 Å². The van der Waals surface area contributed by atoms with Gasteiger partial charge >= 0.3 is 11.9 Å². The summed E-state index contributed by atoms with van der Waals surface area (Å²) in [5, 5.41) is 0. The smallest absolute Gasteiger partial charge is 0.338 e. The van der Waals surface area contributed by atoms with Crippen molar-refractivity contribution >= 4 is 29.4 Å². The average molecular weight is 479 g/mol. The van der Waals surface area contributed by atoms with Crippen molar-refractivity contribution in [3.05, 3.63) is 77.9 Å². The molecule has 0 heterocycles. The molecule has 2 aromatic rings. The lowest BCUT2D eigenvalue weighted by atomic mass is 9.95. The van der Waals surface area contributed by atoms with Crippen LogP contribution in [0.2, 0.25) is 0 Å². The van der Waals surface area contributed by atoms with E-state index in [1.807, 2.05) is 19.1 Å². The van der Waals surface area contributed by atoms with E-state index in [1.165, 1.54) is 6.08 Å². The molecule has 7 heteroatoms. The molecule has 0 amide bonds. The van der Waals surface area contributed by atoms with E-state index in [2.05, 4.69) is 6.58 Å². The summed E-state index contributed by atoms with van der Waals surface area (Å²) in [5.74, 6) is -0.838. The first-order valence-electron chi connectivity index (χ1n) is 11.9. The van der Waals surface area contributed by atoms with Gasteiger partial charge in [-0.3, -0.25) is 0 Å². The van der Waals surface area contributed by atoms with E-state index in [9.17, 15) is 9.59 Å². The molecule has 1 unspecified atom stereocenters. The number of nitrogen functional groups attached to an aromatic ring is 2. The van der Waals surface area contributed by atoms with Crippen molar-refractivity contribution < 1.29 is 23.8 Å². The first-order valence-corrected chi connectivity index (χ1v) is 11.9. The highest BCUT2D eigenvalue weighted by molar-refractivity contribution is 5.90. The van der Waals surface area contributed by atoms with Crippen LogP contribution in [0.15, 0.2) is 61.2 Å². The topological polar surface area (TPSA) is 114 Å². The Morgan fingerprint density at radius 3 is 2.29 bits per heavy atom. The molecule has 0 saturated heterocycles. The maximum Gasteiger partial charge on any atom is 0.338 e. The second-order valence-electron chi connectivity index (χ2n) is 8.85. The van der Waals surface area contributed by atoms with E-state index in [-0.39, 0.29) is 30.7 Å². The van der Waals surface area contributed by atoms with Gasteiger partial charge in [0.1, 0.15) is 6.10 Å². The summed E-state index contributed by atoms with van der Waals surface area (Å²) in [6.07, 6.45) is 8.20. The van der Waals surface area contributed by atoms with Crippen molar-refractivity contribution in [1.29, 1.82) is 0 Å². The number of carbonyl (C=O) groups is 2. The lowest BCUT2D eigenvalue weighted by Crippen LogP contribution is -2.28. The minimum atomic E-state index is -0.454. The molecule has 0 bridgehead atoms. The molecule has 1 saturated carbocycles. The zero-order valence-corrected chi connectivity index (χ0v) is 20.2. The maximum absolute atomic E-state index is 12.5. The second-order valence-corrected chi connectivity index (χ2v) is 8.85. The normalized spacial score (nSPS) is 18.7. The molecular formula is C28H34N2O5. The number of rotatable bonds is 10. The summed E-state index contributed by atoms with van der Waals surface area (Å²) in [6, 6.07) is 12.2. The van der Waals surface area contributed by atoms with Crippen LogP contribution >= 0.6 is 0 Å². The Bertz CT molecular complexity index is 1020. The molecule has 0 aromatic heterocycles. The fourth-order valence-corrected chi connectivity index (χ4v) is 3.97. The summed E-state index contributed by atoms with van der Waals surface area (Å²) < 4.78 is 16.7. The van der Waals surface area contributed by atoms with Crippen molar-refractivity contribution in [3.8, 4) is 0 Å². The van der Waals surface area contributed by atoms with Crippen LogP contribution in [-0.2, 0) is 19.0 Å². The van der Waals surface area contributed by atoms with Crippen LogP contribution in [0.3, 0.4) is 0 Å². The van der Waals surface area contributed by atoms with Crippen LogP contribution in [0.4, 0.5) is 11.4 Å². The number of ether oxygens (including phenoxy) is 3. The fourth-order valence-electron chi connectivity index (χ4n) is 3.97. The number of esters is 2. The van der Waals surface area contributed by atoms with Gasteiger partial charge in [0, 0.05) is 23.4 Å². The summed E-state index contributed by atoms with van der Waals surface area (Å²) in [7, 11) is 0. The molecule has 1 atom stereocenters. The number of hydrogen-bond acceptors (Lipinski definition) is 7. The summed E-state index contributed by atoms with van der Waals surface area (Å²) in [5.41, 5.74) is 15.0. The lowest BCUT2D eigenvalue weighted by molar-refractivity contribution is -0.138. The van der Waals surface area contributed by atoms with Gasteiger partial charge in [-0.05, 0) is 73.2 Å². The molecular weight excluding hydrogens is 444 g/mol. The molecule has 0 spiro atoms. The second kappa shape index (κ2) is 12.8. The number of hydrogen-bond donors (Lipinski definition) is 2. The van der Waals surface area contributed by atoms with Crippen molar-refractivity contribution in [1.82, 2.24) is 0 Å². The summed E-state index contributed by atoms with van der Waals surface area (Å²) in [4.78, 5) is 24.6. The van der Waals surface area contributed by atoms with Gasteiger partial charge in [0.15, 0.2) is 0 Å². The summed E-state index contributed by atoms with van der Waals surface area (Å²) in [6.45, 7) is 6.35. The molecule has 0 radical (unpaired) electrons. The average Bonchev–Trinajstić information content (AvgIpc) is 2.85. The van der Waals surface area contributed by atoms with Gasteiger partial charge in [-0.25, -0.2) is 9.59 Å². The molecule has 7 nitrogen and oxygen atoms in total. The number of nitrogens with two attached hydrogens (primary N) is 2. The third kappa shape index (κ3) is 8.30. The zero-order valence-electron chi connectivity index (χ0n) is 20.2. The number of anilines is 2. The Hall–Kier alpha value is -3.58. The maximum atomic E-state index is 12.5. The predicted molar refractivity (Wildman–Crippen MR) is 138 cm³/mol. The van der Waals surface area contributed by atoms with Crippen LogP contribution in [0.25, 0.3) is 6.08 Å². The van der Waals surface area contributed by atoms with Crippen molar-refractivity contribution in [3.63, 3.8) is 0 Å². The van der Waals surface area contributed by atoms with E-state index >= 15 is 0 Å². The molecule has 3 rings (SSSR count). The molecule has 35 heavy (non-hydrogen) atoms. The predicted octanol–water partition coefficient (Wildman–Crippen LogP) is 4.88. The number of carbonyl (C=O) groups excluding carboxylic acids is 2. The molecule has 186 valence electrons. The van der Waals surface area contributed by atoms with Crippen molar-refractivity contribution in [2.45, 2.75) is 50.7 Å². The highest BCUT2D eigenvalue weighted by Crippen LogP contribution is 2.25. The van der Waals surface area contributed by atoms with E-state index in [4.69, 9.17) is 25.7 Å². The van der Waals surface area contributed by atoms with E-state index in [1.54, 1.807) is 42.5 Å². The van der Waals surface area contributed by atoms with E-state index in [0.29, 0.717) is 23.5 Å². The van der Waals surface area contributed by atoms with Crippen molar-refractivity contribution in [2.24, 2.45) is 0 Å². The van der Waals surface area contributed by atoms with Gasteiger partial charge in [0.25, 0.3) is 0 Å². The third-order valence-electron chi connectivity index (χ3n) is 5.95. The van der Waals surface area contributed by atoms with Crippen LogP contribution in [-0.4, -0.2) is 37.4 Å². The summed E-state index contributed by atoms with van der Waals surface area (Å²) >= 11 is 0. The van der Waals surface area contributed by atoms with Crippen LogP contribution < -0.4 is 11.5 Å².